The molecule has 0 saturated heterocycles. The first-order valence-electron chi connectivity index (χ1n) is 14.0. The van der Waals surface area contributed by atoms with Crippen LogP contribution in [0, 0.1) is 6.92 Å². The molecule has 232 valence electrons. The fourth-order valence-electron chi connectivity index (χ4n) is 4.45. The molecule has 0 bridgehead atoms. The van der Waals surface area contributed by atoms with Gasteiger partial charge in [0.25, 0.3) is 10.0 Å². The highest BCUT2D eigenvalue weighted by Gasteiger charge is 2.35. The maximum atomic E-state index is 14.2. The van der Waals surface area contributed by atoms with E-state index in [2.05, 4.69) is 5.32 Å². The number of halogens is 2. The van der Waals surface area contributed by atoms with E-state index in [0.29, 0.717) is 33.7 Å². The van der Waals surface area contributed by atoms with Gasteiger partial charge in [-0.25, -0.2) is 8.42 Å². The van der Waals surface area contributed by atoms with E-state index in [0.717, 1.165) is 9.87 Å². The number of nitrogens with one attached hydrogen (secondary N) is 1. The van der Waals surface area contributed by atoms with Crippen molar-refractivity contribution in [3.05, 3.63) is 87.9 Å². The van der Waals surface area contributed by atoms with Crippen LogP contribution in [0.2, 0.25) is 10.0 Å². The quantitative estimate of drug-likeness (QED) is 0.238. The first-order chi connectivity index (χ1) is 20.2. The molecule has 0 spiro atoms. The second kappa shape index (κ2) is 14.5. The molecule has 0 unspecified atom stereocenters. The Morgan fingerprint density at radius 2 is 1.58 bits per heavy atom. The van der Waals surface area contributed by atoms with Crippen LogP contribution in [0.1, 0.15) is 52.2 Å². The molecule has 0 saturated carbocycles. The number of nitrogens with zero attached hydrogens (tertiary/aromatic N) is 2. The van der Waals surface area contributed by atoms with E-state index in [1.54, 1.807) is 61.5 Å². The molecule has 11 heteroatoms. The Morgan fingerprint density at radius 3 is 2.12 bits per heavy atom. The van der Waals surface area contributed by atoms with Crippen LogP contribution >= 0.6 is 23.2 Å². The van der Waals surface area contributed by atoms with Gasteiger partial charge in [-0.3, -0.25) is 13.9 Å². The van der Waals surface area contributed by atoms with E-state index in [4.69, 9.17) is 27.9 Å². The molecule has 8 nitrogen and oxygen atoms in total. The fourth-order valence-corrected chi connectivity index (χ4v) is 6.33. The molecule has 0 radical (unpaired) electrons. The van der Waals surface area contributed by atoms with E-state index in [-0.39, 0.29) is 23.8 Å². The Hall–Kier alpha value is -3.27. The van der Waals surface area contributed by atoms with Crippen LogP contribution in [0.3, 0.4) is 0 Å². The highest BCUT2D eigenvalue weighted by molar-refractivity contribution is 7.92. The Kier molecular flexibility index (Phi) is 11.5. The van der Waals surface area contributed by atoms with Crippen molar-refractivity contribution in [2.24, 2.45) is 0 Å². The summed E-state index contributed by atoms with van der Waals surface area (Å²) in [7, 11) is -4.21. The molecule has 0 fully saturated rings. The molecule has 3 rings (SSSR count). The van der Waals surface area contributed by atoms with Crippen molar-refractivity contribution in [2.45, 2.75) is 71.0 Å². The lowest BCUT2D eigenvalue weighted by Crippen LogP contribution is -2.55. The van der Waals surface area contributed by atoms with E-state index in [1.807, 2.05) is 34.6 Å². The summed E-state index contributed by atoms with van der Waals surface area (Å²) in [6, 6.07) is 16.9. The lowest BCUT2D eigenvalue weighted by Gasteiger charge is -2.35. The van der Waals surface area contributed by atoms with E-state index in [9.17, 15) is 18.0 Å². The largest absolute Gasteiger partial charge is 0.494 e. The molecular weight excluding hydrogens is 609 g/mol. The summed E-state index contributed by atoms with van der Waals surface area (Å²) in [6.45, 7) is 10.9. The number of aryl methyl sites for hydroxylation is 1. The Morgan fingerprint density at radius 1 is 0.953 bits per heavy atom. The number of hydrogen-bond acceptors (Lipinski definition) is 5. The van der Waals surface area contributed by atoms with Crippen LogP contribution < -0.4 is 14.4 Å². The standard InChI is InChI=1S/C32H39Cl2N3O5S/c1-7-29(31(39)35-32(4,5)6)36(20-23-11-12-24(33)19-28(23)34)30(38)21-37(25-13-9-22(3)10-14-25)43(40,41)27-17-15-26(16-18-27)42-8-2/h9-19,29H,7-8,20-21H2,1-6H3,(H,35,39)/t29-/m1/s1. The highest BCUT2D eigenvalue weighted by atomic mass is 35.5. The van der Waals surface area contributed by atoms with Gasteiger partial charge < -0.3 is 15.0 Å². The van der Waals surface area contributed by atoms with E-state index < -0.39 is 34.1 Å². The number of amides is 2. The number of sulfonamides is 1. The number of carbonyl (C=O) groups excluding carboxylic acids is 2. The van der Waals surface area contributed by atoms with Crippen molar-refractivity contribution >= 4 is 50.7 Å². The van der Waals surface area contributed by atoms with Gasteiger partial charge in [0.05, 0.1) is 17.2 Å². The third-order valence-corrected chi connectivity index (χ3v) is 8.94. The molecular formula is C32H39Cl2N3O5S. The van der Waals surface area contributed by atoms with Crippen LogP contribution in [-0.2, 0) is 26.2 Å². The first kappa shape index (κ1) is 34.2. The van der Waals surface area contributed by atoms with Crippen LogP contribution in [0.5, 0.6) is 5.75 Å². The third-order valence-electron chi connectivity index (χ3n) is 6.56. The summed E-state index contributed by atoms with van der Waals surface area (Å²) >= 11 is 12.6. The van der Waals surface area contributed by atoms with Crippen molar-refractivity contribution in [1.29, 1.82) is 0 Å². The van der Waals surface area contributed by atoms with Gasteiger partial charge in [0.2, 0.25) is 11.8 Å². The zero-order valence-corrected chi connectivity index (χ0v) is 27.7. The summed E-state index contributed by atoms with van der Waals surface area (Å²) in [5.41, 5.74) is 1.25. The summed E-state index contributed by atoms with van der Waals surface area (Å²) in [6.07, 6.45) is 0.287. The van der Waals surface area contributed by atoms with Gasteiger partial charge in [0, 0.05) is 22.1 Å². The lowest BCUT2D eigenvalue weighted by atomic mass is 10.1. The predicted molar refractivity (Wildman–Crippen MR) is 172 cm³/mol. The number of benzene rings is 3. The van der Waals surface area contributed by atoms with Crippen LogP contribution in [-0.4, -0.2) is 49.9 Å². The van der Waals surface area contributed by atoms with Gasteiger partial charge in [-0.15, -0.1) is 0 Å². The first-order valence-corrected chi connectivity index (χ1v) is 16.2. The average Bonchev–Trinajstić information content (AvgIpc) is 2.92. The lowest BCUT2D eigenvalue weighted by molar-refractivity contribution is -0.141. The number of ether oxygens (including phenoxy) is 1. The number of hydrogen-bond donors (Lipinski definition) is 1. The highest BCUT2D eigenvalue weighted by Crippen LogP contribution is 2.28. The minimum absolute atomic E-state index is 0.00543. The van der Waals surface area contributed by atoms with E-state index in [1.165, 1.54) is 17.0 Å². The second-order valence-corrected chi connectivity index (χ2v) is 13.9. The molecule has 1 N–H and O–H groups in total. The molecule has 0 heterocycles. The van der Waals surface area contributed by atoms with Crippen molar-refractivity contribution in [3.63, 3.8) is 0 Å². The fraction of sp³-hybridized carbons (Fsp3) is 0.375. The van der Waals surface area contributed by atoms with Crippen molar-refractivity contribution in [1.82, 2.24) is 10.2 Å². The number of carbonyl (C=O) groups is 2. The van der Waals surface area contributed by atoms with Gasteiger partial charge in [-0.1, -0.05) is 53.9 Å². The minimum atomic E-state index is -4.21. The van der Waals surface area contributed by atoms with Gasteiger partial charge in [-0.2, -0.15) is 0 Å². The molecule has 0 aliphatic heterocycles. The van der Waals surface area contributed by atoms with Crippen molar-refractivity contribution in [3.8, 4) is 5.75 Å². The predicted octanol–water partition coefficient (Wildman–Crippen LogP) is 6.62. The molecule has 0 aliphatic rings. The molecule has 0 aromatic heterocycles. The topological polar surface area (TPSA) is 96.0 Å². The van der Waals surface area contributed by atoms with Crippen LogP contribution in [0.15, 0.2) is 71.6 Å². The molecule has 0 aliphatic carbocycles. The molecule has 3 aromatic carbocycles. The summed E-state index contributed by atoms with van der Waals surface area (Å²) in [5, 5.41) is 3.70. The minimum Gasteiger partial charge on any atom is -0.494 e. The Balaban J connectivity index is 2.08. The Labute approximate surface area is 265 Å². The second-order valence-electron chi connectivity index (χ2n) is 11.2. The molecule has 43 heavy (non-hydrogen) atoms. The summed E-state index contributed by atoms with van der Waals surface area (Å²) in [5.74, 6) is -0.400. The normalized spacial score (nSPS) is 12.4. The number of anilines is 1. The van der Waals surface area contributed by atoms with Gasteiger partial charge in [0.15, 0.2) is 0 Å². The van der Waals surface area contributed by atoms with E-state index >= 15 is 0 Å². The monoisotopic (exact) mass is 647 g/mol. The summed E-state index contributed by atoms with van der Waals surface area (Å²) < 4.78 is 34.6. The Bertz CT molecular complexity index is 1520. The van der Waals surface area contributed by atoms with Crippen LogP contribution in [0.4, 0.5) is 5.69 Å². The number of rotatable bonds is 12. The molecule has 3 aromatic rings. The zero-order valence-electron chi connectivity index (χ0n) is 25.4. The third kappa shape index (κ3) is 9.11. The summed E-state index contributed by atoms with van der Waals surface area (Å²) in [4.78, 5) is 29.0. The maximum absolute atomic E-state index is 14.2. The SMILES string of the molecule is CCOc1ccc(S(=O)(=O)N(CC(=O)N(Cc2ccc(Cl)cc2Cl)[C@H](CC)C(=O)NC(C)(C)C)c2ccc(C)cc2)cc1. The maximum Gasteiger partial charge on any atom is 0.264 e. The van der Waals surface area contributed by atoms with Crippen LogP contribution in [0.25, 0.3) is 0 Å². The average molecular weight is 649 g/mol. The molecule has 1 atom stereocenters. The zero-order chi connectivity index (χ0) is 31.9. The van der Waals surface area contributed by atoms with Crippen molar-refractivity contribution < 1.29 is 22.7 Å². The smallest absolute Gasteiger partial charge is 0.264 e. The van der Waals surface area contributed by atoms with Gasteiger partial charge in [0.1, 0.15) is 18.3 Å². The molecule has 2 amide bonds. The van der Waals surface area contributed by atoms with Gasteiger partial charge in [-0.05, 0) is 95.1 Å². The van der Waals surface area contributed by atoms with Gasteiger partial charge >= 0.3 is 0 Å². The van der Waals surface area contributed by atoms with Crippen molar-refractivity contribution in [2.75, 3.05) is 17.5 Å².